The predicted molar refractivity (Wildman–Crippen MR) is 83.3 cm³/mol. The van der Waals surface area contributed by atoms with Gasteiger partial charge in [0.15, 0.2) is 0 Å². The third-order valence-corrected chi connectivity index (χ3v) is 5.15. The van der Waals surface area contributed by atoms with Crippen molar-refractivity contribution in [2.45, 2.75) is 40.0 Å². The number of hydrogen-bond donors (Lipinski definition) is 1. The molecule has 116 valence electrons. The number of nitrogens with one attached hydrogen (secondary N) is 1. The molecule has 1 N–H and O–H groups in total. The van der Waals surface area contributed by atoms with Gasteiger partial charge in [-0.15, -0.1) is 11.3 Å². The summed E-state index contributed by atoms with van der Waals surface area (Å²) in [5.74, 6) is 0.256. The molecule has 0 unspecified atom stereocenters. The van der Waals surface area contributed by atoms with Gasteiger partial charge in [-0.2, -0.15) is 0 Å². The van der Waals surface area contributed by atoms with E-state index in [0.717, 1.165) is 30.0 Å². The van der Waals surface area contributed by atoms with Gasteiger partial charge < -0.3 is 10.2 Å². The van der Waals surface area contributed by atoms with Crippen LogP contribution in [-0.2, 0) is 16.0 Å². The molecule has 1 aliphatic rings. The molecule has 0 saturated carbocycles. The molecule has 2 heterocycles. The van der Waals surface area contributed by atoms with E-state index < -0.39 is 0 Å². The van der Waals surface area contributed by atoms with Crippen LogP contribution in [0, 0.1) is 19.8 Å². The molecule has 0 aliphatic carbocycles. The molecule has 1 aromatic rings. The number of amides is 2. The third-order valence-electron chi connectivity index (χ3n) is 4.02. The Kier molecular flexibility index (Phi) is 5.33. The minimum atomic E-state index is 0.0420. The van der Waals surface area contributed by atoms with Crippen LogP contribution < -0.4 is 5.32 Å². The maximum atomic E-state index is 12.1. The molecule has 1 aromatic heterocycles. The van der Waals surface area contributed by atoms with E-state index in [1.807, 2.05) is 11.8 Å². The molecule has 21 heavy (non-hydrogen) atoms. The fourth-order valence-electron chi connectivity index (χ4n) is 2.54. The molecule has 1 aliphatic heterocycles. The van der Waals surface area contributed by atoms with Gasteiger partial charge in [-0.3, -0.25) is 9.59 Å². The van der Waals surface area contributed by atoms with Crippen LogP contribution in [0.1, 0.15) is 35.3 Å². The summed E-state index contributed by atoms with van der Waals surface area (Å²) >= 11 is 1.70. The second kappa shape index (κ2) is 7.02. The number of hydrogen-bond acceptors (Lipinski definition) is 4. The molecule has 0 atom stereocenters. The first kappa shape index (κ1) is 15.9. The Morgan fingerprint density at radius 1 is 1.33 bits per heavy atom. The number of likely N-dealkylation sites (tertiary alicyclic amines) is 1. The Hall–Kier alpha value is -1.43. The van der Waals surface area contributed by atoms with Crippen molar-refractivity contribution < 1.29 is 9.59 Å². The molecular weight excluding hydrogens is 286 g/mol. The third kappa shape index (κ3) is 4.27. The second-order valence-electron chi connectivity index (χ2n) is 5.57. The Bertz CT molecular complexity index is 499. The van der Waals surface area contributed by atoms with E-state index in [1.54, 1.807) is 18.3 Å². The van der Waals surface area contributed by atoms with Crippen LogP contribution in [0.25, 0.3) is 0 Å². The number of thiazole rings is 1. The van der Waals surface area contributed by atoms with Crippen molar-refractivity contribution in [3.63, 3.8) is 0 Å². The molecule has 0 radical (unpaired) electrons. The summed E-state index contributed by atoms with van der Waals surface area (Å²) in [6.45, 7) is 7.68. The van der Waals surface area contributed by atoms with Crippen LogP contribution in [0.2, 0.25) is 0 Å². The first-order valence-corrected chi connectivity index (χ1v) is 8.25. The van der Waals surface area contributed by atoms with Crippen LogP contribution in [0.3, 0.4) is 0 Å². The van der Waals surface area contributed by atoms with Crippen molar-refractivity contribution >= 4 is 23.2 Å². The van der Waals surface area contributed by atoms with Gasteiger partial charge in [-0.05, 0) is 26.7 Å². The summed E-state index contributed by atoms with van der Waals surface area (Å²) < 4.78 is 0. The van der Waals surface area contributed by atoms with Gasteiger partial charge in [-0.25, -0.2) is 4.98 Å². The van der Waals surface area contributed by atoms with E-state index in [9.17, 15) is 9.59 Å². The van der Waals surface area contributed by atoms with Gasteiger partial charge in [0.2, 0.25) is 11.8 Å². The zero-order valence-corrected chi connectivity index (χ0v) is 13.8. The summed E-state index contributed by atoms with van der Waals surface area (Å²) in [7, 11) is 0. The molecule has 2 rings (SSSR count). The Labute approximate surface area is 129 Å². The van der Waals surface area contributed by atoms with E-state index in [-0.39, 0.29) is 17.7 Å². The molecule has 5 nitrogen and oxygen atoms in total. The lowest BCUT2D eigenvalue weighted by Gasteiger charge is -2.30. The molecule has 0 spiro atoms. The Balaban J connectivity index is 1.71. The topological polar surface area (TPSA) is 62.3 Å². The lowest BCUT2D eigenvalue weighted by Crippen LogP contribution is -2.42. The summed E-state index contributed by atoms with van der Waals surface area (Å²) in [5.41, 5.74) is 1.08. The molecule has 2 amide bonds. The Morgan fingerprint density at radius 3 is 2.52 bits per heavy atom. The summed E-state index contributed by atoms with van der Waals surface area (Å²) in [6, 6.07) is 0. The molecule has 0 aromatic carbocycles. The van der Waals surface area contributed by atoms with Gasteiger partial charge in [0, 0.05) is 43.8 Å². The quantitative estimate of drug-likeness (QED) is 0.920. The average Bonchev–Trinajstić information content (AvgIpc) is 2.77. The summed E-state index contributed by atoms with van der Waals surface area (Å²) in [4.78, 5) is 30.9. The van der Waals surface area contributed by atoms with Gasteiger partial charge in [-0.1, -0.05) is 0 Å². The van der Waals surface area contributed by atoms with Crippen molar-refractivity contribution in [3.05, 3.63) is 15.6 Å². The fourth-order valence-corrected chi connectivity index (χ4v) is 3.47. The number of rotatable bonds is 4. The van der Waals surface area contributed by atoms with Crippen molar-refractivity contribution in [3.8, 4) is 0 Å². The minimum Gasteiger partial charge on any atom is -0.355 e. The fraction of sp³-hybridized carbons (Fsp3) is 0.667. The van der Waals surface area contributed by atoms with Crippen molar-refractivity contribution in [1.29, 1.82) is 0 Å². The molecule has 1 saturated heterocycles. The largest absolute Gasteiger partial charge is 0.355 e. The number of piperidine rings is 1. The van der Waals surface area contributed by atoms with Crippen LogP contribution in [-0.4, -0.2) is 41.3 Å². The van der Waals surface area contributed by atoms with E-state index in [4.69, 9.17) is 0 Å². The molecule has 0 bridgehead atoms. The van der Waals surface area contributed by atoms with Crippen molar-refractivity contribution in [2.75, 3.05) is 19.6 Å². The highest BCUT2D eigenvalue weighted by molar-refractivity contribution is 7.11. The minimum absolute atomic E-state index is 0.0420. The summed E-state index contributed by atoms with van der Waals surface area (Å²) in [6.07, 6.45) is 2.32. The van der Waals surface area contributed by atoms with E-state index >= 15 is 0 Å². The van der Waals surface area contributed by atoms with Gasteiger partial charge in [0.05, 0.1) is 10.7 Å². The van der Waals surface area contributed by atoms with Gasteiger partial charge in [0.25, 0.3) is 0 Å². The smallest absolute Gasteiger partial charge is 0.223 e. The number of aryl methyl sites for hydroxylation is 2. The maximum absolute atomic E-state index is 12.1. The standard InChI is InChI=1S/C15H23N3O2S/c1-10-11(2)21-14(17-10)4-7-16-15(20)13-5-8-18(9-6-13)12(3)19/h13H,4-9H2,1-3H3,(H,16,20). The van der Waals surface area contributed by atoms with Crippen LogP contribution in [0.5, 0.6) is 0 Å². The van der Waals surface area contributed by atoms with E-state index in [2.05, 4.69) is 17.2 Å². The predicted octanol–water partition coefficient (Wildman–Crippen LogP) is 1.68. The number of carbonyl (C=O) groups is 2. The first-order valence-electron chi connectivity index (χ1n) is 7.43. The number of nitrogens with zero attached hydrogens (tertiary/aromatic N) is 2. The lowest BCUT2D eigenvalue weighted by atomic mass is 9.96. The van der Waals surface area contributed by atoms with E-state index in [1.165, 1.54) is 4.88 Å². The maximum Gasteiger partial charge on any atom is 0.223 e. The SMILES string of the molecule is CC(=O)N1CCC(C(=O)NCCc2nc(C)c(C)s2)CC1. The molecule has 6 heteroatoms. The average molecular weight is 309 g/mol. The van der Waals surface area contributed by atoms with Crippen LogP contribution in [0.4, 0.5) is 0 Å². The van der Waals surface area contributed by atoms with E-state index in [0.29, 0.717) is 19.6 Å². The monoisotopic (exact) mass is 309 g/mol. The molecular formula is C15H23N3O2S. The number of aromatic nitrogens is 1. The van der Waals surface area contributed by atoms with Crippen molar-refractivity contribution in [2.24, 2.45) is 5.92 Å². The second-order valence-corrected chi connectivity index (χ2v) is 6.86. The first-order chi connectivity index (χ1) is 9.97. The lowest BCUT2D eigenvalue weighted by molar-refractivity contribution is -0.133. The highest BCUT2D eigenvalue weighted by Crippen LogP contribution is 2.18. The van der Waals surface area contributed by atoms with Crippen molar-refractivity contribution in [1.82, 2.24) is 15.2 Å². The summed E-state index contributed by atoms with van der Waals surface area (Å²) in [5, 5.41) is 4.08. The van der Waals surface area contributed by atoms with Gasteiger partial charge >= 0.3 is 0 Å². The van der Waals surface area contributed by atoms with Crippen LogP contribution in [0.15, 0.2) is 0 Å². The van der Waals surface area contributed by atoms with Gasteiger partial charge in [0.1, 0.15) is 0 Å². The number of carbonyl (C=O) groups excluding carboxylic acids is 2. The van der Waals surface area contributed by atoms with Crippen LogP contribution >= 0.6 is 11.3 Å². The normalized spacial score (nSPS) is 16.0. The highest BCUT2D eigenvalue weighted by atomic mass is 32.1. The zero-order chi connectivity index (χ0) is 15.4. The Morgan fingerprint density at radius 2 is 2.00 bits per heavy atom. The molecule has 1 fully saturated rings. The highest BCUT2D eigenvalue weighted by Gasteiger charge is 2.25. The zero-order valence-electron chi connectivity index (χ0n) is 12.9.